The van der Waals surface area contributed by atoms with E-state index in [1.54, 1.807) is 38.3 Å². The Labute approximate surface area is 341 Å². The fourth-order valence-corrected chi connectivity index (χ4v) is 9.90. The molecule has 4 aromatic heterocycles. The SMILES string of the molecule is CC(C)Oc1c(-c2cn[nH]c2)ncn2nc(NC3CCN(S(=O)(=O)c4cccc(CN5CCC(c6ccc7c(N8CCC(=O)NC8=O)nn(C)c7c6)CC5)c4)CC3)nc12. The number of likely N-dealkylation sites (tertiary alicyclic amines) is 1. The van der Waals surface area contributed by atoms with Crippen molar-refractivity contribution in [3.8, 4) is 17.0 Å². The number of nitrogens with one attached hydrogen (secondary N) is 3. The maximum atomic E-state index is 13.9. The van der Waals surface area contributed by atoms with Gasteiger partial charge in [-0.2, -0.15) is 24.0 Å². The van der Waals surface area contributed by atoms with Crippen molar-refractivity contribution >= 4 is 50.3 Å². The highest BCUT2D eigenvalue weighted by Gasteiger charge is 2.32. The lowest BCUT2D eigenvalue weighted by atomic mass is 9.89. The number of aryl methyl sites for hydroxylation is 1. The summed E-state index contributed by atoms with van der Waals surface area (Å²) in [5.41, 5.74) is 5.07. The Hall–Kier alpha value is -5.92. The van der Waals surface area contributed by atoms with Crippen molar-refractivity contribution in [2.45, 2.75) is 75.5 Å². The zero-order valence-corrected chi connectivity index (χ0v) is 34.0. The van der Waals surface area contributed by atoms with E-state index in [-0.39, 0.29) is 24.5 Å². The van der Waals surface area contributed by atoms with Crippen LogP contribution in [0.5, 0.6) is 5.75 Å². The number of nitrogens with zero attached hydrogens (tertiary/aromatic N) is 10. The molecule has 3 N–H and O–H groups in total. The van der Waals surface area contributed by atoms with Crippen LogP contribution >= 0.6 is 0 Å². The number of fused-ring (bicyclic) bond motifs is 2. The molecule has 3 saturated heterocycles. The van der Waals surface area contributed by atoms with E-state index in [1.165, 1.54) is 10.5 Å². The molecule has 308 valence electrons. The third-order valence-corrected chi connectivity index (χ3v) is 13.3. The minimum atomic E-state index is -3.69. The minimum absolute atomic E-state index is 0.0109. The Bertz CT molecular complexity index is 2620. The van der Waals surface area contributed by atoms with Crippen LogP contribution in [-0.2, 0) is 28.4 Å². The van der Waals surface area contributed by atoms with E-state index < -0.39 is 16.1 Å². The molecule has 2 aromatic carbocycles. The van der Waals surface area contributed by atoms with Gasteiger partial charge in [0.1, 0.15) is 12.0 Å². The van der Waals surface area contributed by atoms with Crippen LogP contribution in [0.15, 0.2) is 66.1 Å². The first-order chi connectivity index (χ1) is 28.5. The molecule has 19 heteroatoms. The number of hydrogen-bond acceptors (Lipinski definition) is 12. The number of amides is 3. The number of imide groups is 1. The van der Waals surface area contributed by atoms with Crippen LogP contribution in [0.1, 0.15) is 63.0 Å². The summed E-state index contributed by atoms with van der Waals surface area (Å²) in [6.45, 7) is 7.37. The van der Waals surface area contributed by atoms with E-state index in [9.17, 15) is 18.0 Å². The number of anilines is 2. The number of rotatable bonds is 11. The van der Waals surface area contributed by atoms with Gasteiger partial charge in [0.15, 0.2) is 11.6 Å². The molecule has 6 aromatic rings. The maximum absolute atomic E-state index is 13.9. The molecule has 0 aliphatic carbocycles. The molecule has 0 unspecified atom stereocenters. The monoisotopic (exact) mass is 821 g/mol. The first-order valence-electron chi connectivity index (χ1n) is 20.1. The average Bonchev–Trinajstić information content (AvgIpc) is 3.98. The number of carbonyl (C=O) groups is 2. The normalized spacial score (nSPS) is 18.0. The second-order valence-electron chi connectivity index (χ2n) is 15.8. The predicted molar refractivity (Wildman–Crippen MR) is 219 cm³/mol. The van der Waals surface area contributed by atoms with Gasteiger partial charge in [0, 0.05) is 62.8 Å². The number of benzene rings is 2. The van der Waals surface area contributed by atoms with Crippen LogP contribution in [0, 0.1) is 0 Å². The van der Waals surface area contributed by atoms with Crippen molar-refractivity contribution in [1.82, 2.24) is 54.1 Å². The molecule has 0 saturated carbocycles. The summed E-state index contributed by atoms with van der Waals surface area (Å²) in [5, 5.41) is 22.8. The Morgan fingerprint density at radius 3 is 2.54 bits per heavy atom. The van der Waals surface area contributed by atoms with Crippen molar-refractivity contribution in [3.63, 3.8) is 0 Å². The number of ether oxygens (including phenoxy) is 1. The van der Waals surface area contributed by atoms with Crippen molar-refractivity contribution < 1.29 is 22.7 Å². The summed E-state index contributed by atoms with van der Waals surface area (Å²) in [6, 6.07) is 13.2. The van der Waals surface area contributed by atoms with Gasteiger partial charge in [-0.15, -0.1) is 5.10 Å². The number of H-pyrrole nitrogens is 1. The van der Waals surface area contributed by atoms with Gasteiger partial charge < -0.3 is 10.1 Å². The Morgan fingerprint density at radius 1 is 0.983 bits per heavy atom. The predicted octanol–water partition coefficient (Wildman–Crippen LogP) is 4.28. The molecule has 0 atom stereocenters. The number of hydrogen-bond donors (Lipinski definition) is 3. The van der Waals surface area contributed by atoms with Gasteiger partial charge in [-0.05, 0) is 93.9 Å². The summed E-state index contributed by atoms with van der Waals surface area (Å²) in [4.78, 5) is 37.7. The smallest absolute Gasteiger partial charge is 0.329 e. The lowest BCUT2D eigenvalue weighted by Gasteiger charge is -2.33. The Balaban J connectivity index is 0.800. The zero-order valence-electron chi connectivity index (χ0n) is 33.2. The molecular weight excluding hydrogens is 775 g/mol. The quantitative estimate of drug-likeness (QED) is 0.168. The van der Waals surface area contributed by atoms with Gasteiger partial charge in [0.25, 0.3) is 0 Å². The van der Waals surface area contributed by atoms with E-state index in [4.69, 9.17) is 9.72 Å². The van der Waals surface area contributed by atoms with Crippen molar-refractivity contribution in [1.29, 1.82) is 0 Å². The molecule has 0 spiro atoms. The molecule has 3 aliphatic rings. The van der Waals surface area contributed by atoms with Gasteiger partial charge >= 0.3 is 6.03 Å². The first kappa shape index (κ1) is 38.6. The van der Waals surface area contributed by atoms with E-state index in [0.717, 1.165) is 48.0 Å². The van der Waals surface area contributed by atoms with E-state index in [1.807, 2.05) is 45.2 Å². The molecule has 59 heavy (non-hydrogen) atoms. The highest BCUT2D eigenvalue weighted by Crippen LogP contribution is 2.35. The maximum Gasteiger partial charge on any atom is 0.329 e. The molecule has 3 amide bonds. The molecule has 0 radical (unpaired) electrons. The van der Waals surface area contributed by atoms with Crippen LogP contribution < -0.4 is 20.3 Å². The fraction of sp³-hybridized carbons (Fsp3) is 0.425. The van der Waals surface area contributed by atoms with Gasteiger partial charge in [0.2, 0.25) is 27.5 Å². The molecule has 3 fully saturated rings. The zero-order chi connectivity index (χ0) is 40.8. The van der Waals surface area contributed by atoms with Crippen molar-refractivity contribution in [2.75, 3.05) is 42.9 Å². The standard InChI is InChI=1S/C40H47N13O5S/c1-25(2)58-36-35(29-21-42-43-22-29)41-24-53-38(36)46-39(48-53)44-30-11-16-51(17-12-30)59(56,57)31-6-4-5-26(19-31)23-50-14-9-27(10-15-50)28-7-8-32-33(20-28)49(3)47-37(32)52-18-13-34(54)45-40(52)55/h4-8,19-22,24-25,27,30H,9-18,23H2,1-3H3,(H,42,43)(H,44,48)(H,45,54,55). The number of aromatic nitrogens is 8. The third kappa shape index (κ3) is 7.72. The lowest BCUT2D eigenvalue weighted by Crippen LogP contribution is -2.49. The molecule has 7 heterocycles. The number of piperidine rings is 2. The molecule has 9 rings (SSSR count). The second kappa shape index (κ2) is 15.7. The Morgan fingerprint density at radius 2 is 1.80 bits per heavy atom. The average molecular weight is 822 g/mol. The van der Waals surface area contributed by atoms with Crippen LogP contribution in [-0.4, -0.2) is 114 Å². The largest absolute Gasteiger partial charge is 0.485 e. The highest BCUT2D eigenvalue weighted by atomic mass is 32.2. The summed E-state index contributed by atoms with van der Waals surface area (Å²) < 4.78 is 38.9. The second-order valence-corrected chi connectivity index (χ2v) is 17.7. The van der Waals surface area contributed by atoms with Gasteiger partial charge in [-0.3, -0.25) is 29.7 Å². The molecule has 18 nitrogen and oxygen atoms in total. The van der Waals surface area contributed by atoms with Crippen molar-refractivity contribution in [3.05, 3.63) is 72.3 Å². The van der Waals surface area contributed by atoms with Crippen LogP contribution in [0.3, 0.4) is 0 Å². The number of urea groups is 1. The number of aromatic amines is 1. The third-order valence-electron chi connectivity index (χ3n) is 11.4. The topological polar surface area (TPSA) is 201 Å². The number of carbonyl (C=O) groups excluding carboxylic acids is 2. The summed E-state index contributed by atoms with van der Waals surface area (Å²) in [7, 11) is -1.82. The van der Waals surface area contributed by atoms with Crippen LogP contribution in [0.25, 0.3) is 27.8 Å². The first-order valence-corrected chi connectivity index (χ1v) is 21.5. The number of sulfonamides is 1. The van der Waals surface area contributed by atoms with Crippen LogP contribution in [0.4, 0.5) is 16.6 Å². The fourth-order valence-electron chi connectivity index (χ4n) is 8.36. The van der Waals surface area contributed by atoms with Gasteiger partial charge in [-0.1, -0.05) is 18.2 Å². The van der Waals surface area contributed by atoms with E-state index in [2.05, 4.69) is 53.0 Å². The molecule has 3 aliphatic heterocycles. The summed E-state index contributed by atoms with van der Waals surface area (Å²) in [5.74, 6) is 1.59. The van der Waals surface area contributed by atoms with Gasteiger partial charge in [0.05, 0.1) is 22.7 Å². The van der Waals surface area contributed by atoms with E-state index >= 15 is 0 Å². The van der Waals surface area contributed by atoms with Crippen molar-refractivity contribution in [2.24, 2.45) is 7.05 Å². The van der Waals surface area contributed by atoms with Gasteiger partial charge in [-0.25, -0.2) is 18.2 Å². The van der Waals surface area contributed by atoms with Crippen LogP contribution in [0.2, 0.25) is 0 Å². The van der Waals surface area contributed by atoms with E-state index in [0.29, 0.717) is 78.7 Å². The summed E-state index contributed by atoms with van der Waals surface area (Å²) in [6.07, 6.45) is 8.29. The Kier molecular flexibility index (Phi) is 10.3. The lowest BCUT2D eigenvalue weighted by molar-refractivity contribution is -0.120. The summed E-state index contributed by atoms with van der Waals surface area (Å²) >= 11 is 0. The minimum Gasteiger partial charge on any atom is -0.485 e. The molecule has 0 bridgehead atoms. The highest BCUT2D eigenvalue weighted by molar-refractivity contribution is 7.89. The molecular formula is C40H47N13O5S.